The lowest BCUT2D eigenvalue weighted by molar-refractivity contribution is -0.0886. The van der Waals surface area contributed by atoms with Gasteiger partial charge in [0.05, 0.1) is 6.10 Å². The topological polar surface area (TPSA) is 23.5 Å². The number of hydrogen-bond acceptors (Lipinski definition) is 2. The van der Waals surface area contributed by atoms with Gasteiger partial charge in [-0.05, 0) is 105 Å². The molecule has 2 heteroatoms. The van der Waals surface area contributed by atoms with Gasteiger partial charge in [0.1, 0.15) is 0 Å². The smallest absolute Gasteiger partial charge is 0.0757 e. The van der Waals surface area contributed by atoms with Crippen LogP contribution in [0.2, 0.25) is 0 Å². The van der Waals surface area contributed by atoms with E-state index in [0.717, 1.165) is 29.6 Å². The van der Waals surface area contributed by atoms with Gasteiger partial charge >= 0.3 is 0 Å². The van der Waals surface area contributed by atoms with E-state index in [2.05, 4.69) is 52.6 Å². The van der Waals surface area contributed by atoms with Crippen molar-refractivity contribution in [3.8, 4) is 0 Å². The number of aliphatic hydroxyl groups excluding tert-OH is 1. The Morgan fingerprint density at radius 1 is 1.14 bits per heavy atom. The second-order valence-electron chi connectivity index (χ2n) is 12.3. The molecule has 1 spiro atoms. The first kappa shape index (κ1) is 19.6. The van der Waals surface area contributed by atoms with E-state index in [1.807, 2.05) is 0 Å². The van der Waals surface area contributed by atoms with E-state index in [1.165, 1.54) is 45.1 Å². The molecule has 4 aliphatic carbocycles. The fraction of sp³-hybridized carbons (Fsp3) is 0.923. The highest BCUT2D eigenvalue weighted by Gasteiger charge is 2.67. The summed E-state index contributed by atoms with van der Waals surface area (Å²) in [4.78, 5) is 2.64. The van der Waals surface area contributed by atoms with Crippen LogP contribution in [0.25, 0.3) is 0 Å². The van der Waals surface area contributed by atoms with Crippen molar-refractivity contribution >= 4 is 0 Å². The summed E-state index contributed by atoms with van der Waals surface area (Å²) in [5, 5.41) is 11.5. The van der Waals surface area contributed by atoms with Crippen LogP contribution in [-0.4, -0.2) is 35.7 Å². The van der Waals surface area contributed by atoms with Crippen molar-refractivity contribution in [2.45, 2.75) is 85.3 Å². The van der Waals surface area contributed by atoms with E-state index in [4.69, 9.17) is 0 Å². The molecule has 158 valence electrons. The third-order valence-electron chi connectivity index (χ3n) is 11.0. The molecule has 2 nitrogen and oxygen atoms in total. The van der Waals surface area contributed by atoms with E-state index in [1.54, 1.807) is 5.57 Å². The first-order valence-electron chi connectivity index (χ1n) is 12.3. The molecule has 0 amide bonds. The maximum Gasteiger partial charge on any atom is 0.0757 e. The number of fused-ring (bicyclic) bond motifs is 4. The Labute approximate surface area is 173 Å². The average Bonchev–Trinajstić information content (AvgIpc) is 3.05. The number of likely N-dealkylation sites (tertiary alicyclic amines) is 1. The van der Waals surface area contributed by atoms with Crippen molar-refractivity contribution in [3.05, 3.63) is 11.6 Å². The van der Waals surface area contributed by atoms with E-state index in [9.17, 15) is 5.11 Å². The van der Waals surface area contributed by atoms with Crippen LogP contribution in [-0.2, 0) is 0 Å². The molecule has 0 aromatic heterocycles. The highest BCUT2D eigenvalue weighted by molar-refractivity contribution is 5.29. The lowest BCUT2D eigenvalue weighted by Crippen LogP contribution is -2.55. The van der Waals surface area contributed by atoms with Crippen molar-refractivity contribution in [2.24, 2.45) is 52.3 Å². The molecule has 4 fully saturated rings. The minimum absolute atomic E-state index is 0.201. The lowest BCUT2D eigenvalue weighted by atomic mass is 9.46. The predicted octanol–water partition coefficient (Wildman–Crippen LogP) is 5.37. The normalized spacial score (nSPS) is 56.1. The van der Waals surface area contributed by atoms with Gasteiger partial charge in [-0.1, -0.05) is 39.3 Å². The zero-order chi connectivity index (χ0) is 20.0. The molecule has 1 aliphatic heterocycles. The molecule has 0 radical (unpaired) electrons. The highest BCUT2D eigenvalue weighted by Crippen LogP contribution is 2.70. The van der Waals surface area contributed by atoms with Gasteiger partial charge < -0.3 is 10.0 Å². The fourth-order valence-corrected chi connectivity index (χ4v) is 9.58. The van der Waals surface area contributed by atoms with Gasteiger partial charge in [-0.2, -0.15) is 0 Å². The standard InChI is InChI=1S/C26H43NO/c1-15(2)18-7-9-25(5)19(12-18)13-22(28)23-20(25)8-10-26-14-27(6)17(4)24(26)16(3)11-21(23)26/h13,15-18,20-24,28H,7-12,14H2,1-6H3. The third kappa shape index (κ3) is 2.40. The van der Waals surface area contributed by atoms with Crippen LogP contribution in [0, 0.1) is 52.3 Å². The van der Waals surface area contributed by atoms with Crippen LogP contribution in [0.4, 0.5) is 0 Å². The SMILES string of the molecule is CC(C)C1CCC2(C)C(=CC(O)C3C2CCC24CN(C)C(C)C2C(C)CC34)C1. The molecule has 1 N–H and O–H groups in total. The lowest BCUT2D eigenvalue weighted by Gasteiger charge is -2.59. The first-order chi connectivity index (χ1) is 13.2. The molecule has 0 aromatic carbocycles. The zero-order valence-electron chi connectivity index (χ0n) is 19.1. The zero-order valence-corrected chi connectivity index (χ0v) is 19.1. The summed E-state index contributed by atoms with van der Waals surface area (Å²) < 4.78 is 0. The molecule has 0 bridgehead atoms. The molecule has 0 aromatic rings. The molecule has 3 saturated carbocycles. The van der Waals surface area contributed by atoms with Crippen LogP contribution >= 0.6 is 0 Å². The largest absolute Gasteiger partial charge is 0.389 e. The molecule has 1 heterocycles. The van der Waals surface area contributed by atoms with Crippen LogP contribution in [0.1, 0.15) is 73.1 Å². The van der Waals surface area contributed by atoms with Crippen LogP contribution in [0.3, 0.4) is 0 Å². The monoisotopic (exact) mass is 385 g/mol. The maximum atomic E-state index is 11.5. The van der Waals surface area contributed by atoms with E-state index in [0.29, 0.717) is 28.7 Å². The van der Waals surface area contributed by atoms with Crippen molar-refractivity contribution in [2.75, 3.05) is 13.6 Å². The van der Waals surface area contributed by atoms with Crippen LogP contribution < -0.4 is 0 Å². The van der Waals surface area contributed by atoms with Crippen molar-refractivity contribution in [1.29, 1.82) is 0 Å². The molecular formula is C26H43NO. The number of nitrogens with zero attached hydrogens (tertiary/aromatic N) is 1. The van der Waals surface area contributed by atoms with E-state index >= 15 is 0 Å². The summed E-state index contributed by atoms with van der Waals surface area (Å²) in [6.07, 6.45) is 10.3. The summed E-state index contributed by atoms with van der Waals surface area (Å²) in [6.45, 7) is 13.6. The number of hydrogen-bond donors (Lipinski definition) is 1. The second-order valence-corrected chi connectivity index (χ2v) is 12.3. The Bertz CT molecular complexity index is 669. The Morgan fingerprint density at radius 2 is 1.89 bits per heavy atom. The van der Waals surface area contributed by atoms with Crippen LogP contribution in [0.15, 0.2) is 11.6 Å². The van der Waals surface area contributed by atoms with Gasteiger partial charge in [-0.15, -0.1) is 0 Å². The molecule has 5 aliphatic rings. The molecule has 5 rings (SSSR count). The average molecular weight is 386 g/mol. The Morgan fingerprint density at radius 3 is 2.61 bits per heavy atom. The quantitative estimate of drug-likeness (QED) is 0.614. The summed E-state index contributed by atoms with van der Waals surface area (Å²) in [6, 6.07) is 0.709. The van der Waals surface area contributed by atoms with Gasteiger partial charge in [-0.3, -0.25) is 0 Å². The highest BCUT2D eigenvalue weighted by atomic mass is 16.3. The molecule has 1 saturated heterocycles. The van der Waals surface area contributed by atoms with E-state index < -0.39 is 0 Å². The van der Waals surface area contributed by atoms with Crippen molar-refractivity contribution < 1.29 is 5.11 Å². The first-order valence-corrected chi connectivity index (χ1v) is 12.3. The van der Waals surface area contributed by atoms with Crippen molar-refractivity contribution in [3.63, 3.8) is 0 Å². The molecule has 28 heavy (non-hydrogen) atoms. The number of rotatable bonds is 1. The number of allylic oxidation sites excluding steroid dienone is 1. The van der Waals surface area contributed by atoms with E-state index in [-0.39, 0.29) is 6.10 Å². The van der Waals surface area contributed by atoms with Gasteiger partial charge in [0.2, 0.25) is 0 Å². The fourth-order valence-electron chi connectivity index (χ4n) is 9.58. The Balaban J connectivity index is 1.51. The number of aliphatic hydroxyl groups is 1. The van der Waals surface area contributed by atoms with Gasteiger partial charge in [0, 0.05) is 12.6 Å². The van der Waals surface area contributed by atoms with Gasteiger partial charge in [0.25, 0.3) is 0 Å². The minimum Gasteiger partial charge on any atom is -0.389 e. The Kier molecular flexibility index (Phi) is 4.43. The molecule has 10 atom stereocenters. The molecular weight excluding hydrogens is 342 g/mol. The second kappa shape index (κ2) is 6.33. The summed E-state index contributed by atoms with van der Waals surface area (Å²) in [7, 11) is 2.34. The van der Waals surface area contributed by atoms with Crippen LogP contribution in [0.5, 0.6) is 0 Å². The molecule has 10 unspecified atom stereocenters. The summed E-state index contributed by atoms with van der Waals surface area (Å²) >= 11 is 0. The maximum absolute atomic E-state index is 11.5. The van der Waals surface area contributed by atoms with Gasteiger partial charge in [-0.25, -0.2) is 0 Å². The summed E-state index contributed by atoms with van der Waals surface area (Å²) in [5.74, 6) is 5.17. The van der Waals surface area contributed by atoms with Gasteiger partial charge in [0.15, 0.2) is 0 Å². The Hall–Kier alpha value is -0.340. The predicted molar refractivity (Wildman–Crippen MR) is 116 cm³/mol. The summed E-state index contributed by atoms with van der Waals surface area (Å²) in [5.41, 5.74) is 2.46. The van der Waals surface area contributed by atoms with Crippen molar-refractivity contribution in [1.82, 2.24) is 4.90 Å². The third-order valence-corrected chi connectivity index (χ3v) is 11.0. The minimum atomic E-state index is -0.201.